The van der Waals surface area contributed by atoms with Gasteiger partial charge in [-0.05, 0) is 49.4 Å². The fourth-order valence-corrected chi connectivity index (χ4v) is 2.90. The Bertz CT molecular complexity index is 719. The lowest BCUT2D eigenvalue weighted by Gasteiger charge is -2.17. The third-order valence-corrected chi connectivity index (χ3v) is 4.65. The number of benzene rings is 2. The monoisotopic (exact) mass is 363 g/mol. The molecule has 3 nitrogen and oxygen atoms in total. The van der Waals surface area contributed by atoms with Gasteiger partial charge in [-0.2, -0.15) is 0 Å². The number of thioether (sulfide) groups is 1. The molecular formula is C19H22ClNO2S. The van der Waals surface area contributed by atoms with Crippen LogP contribution in [0.3, 0.4) is 0 Å². The minimum Gasteiger partial charge on any atom is -0.493 e. The van der Waals surface area contributed by atoms with E-state index in [0.717, 1.165) is 22.6 Å². The first-order chi connectivity index (χ1) is 11.6. The molecular weight excluding hydrogens is 342 g/mol. The van der Waals surface area contributed by atoms with Gasteiger partial charge in [-0.15, -0.1) is 11.8 Å². The van der Waals surface area contributed by atoms with Crippen LogP contribution in [0.1, 0.15) is 25.8 Å². The van der Waals surface area contributed by atoms with E-state index in [9.17, 15) is 0 Å². The SMILES string of the molecule is CC[C@@H](C)Oc1c(Cl)cc(C=Nc2ccccc2SC)cc1OC. The van der Waals surface area contributed by atoms with Crippen molar-refractivity contribution in [1.29, 1.82) is 0 Å². The first kappa shape index (κ1) is 18.7. The Kier molecular flexibility index (Phi) is 7.00. The van der Waals surface area contributed by atoms with Crippen LogP contribution in [0.2, 0.25) is 5.02 Å². The van der Waals surface area contributed by atoms with Crippen molar-refractivity contribution in [2.24, 2.45) is 4.99 Å². The number of nitrogens with zero attached hydrogens (tertiary/aromatic N) is 1. The Morgan fingerprint density at radius 2 is 2.04 bits per heavy atom. The zero-order chi connectivity index (χ0) is 17.5. The summed E-state index contributed by atoms with van der Waals surface area (Å²) in [5, 5.41) is 0.522. The molecule has 0 radical (unpaired) electrons. The molecule has 0 aliphatic rings. The van der Waals surface area contributed by atoms with E-state index in [2.05, 4.69) is 11.9 Å². The molecule has 0 aromatic heterocycles. The summed E-state index contributed by atoms with van der Waals surface area (Å²) in [5.41, 5.74) is 1.80. The number of aliphatic imine (C=N–C) groups is 1. The molecule has 128 valence electrons. The quantitative estimate of drug-likeness (QED) is 0.446. The highest BCUT2D eigenvalue weighted by atomic mass is 35.5. The van der Waals surface area contributed by atoms with E-state index in [4.69, 9.17) is 21.1 Å². The van der Waals surface area contributed by atoms with Crippen molar-refractivity contribution in [3.8, 4) is 11.5 Å². The zero-order valence-corrected chi connectivity index (χ0v) is 15.9. The second-order valence-electron chi connectivity index (χ2n) is 5.30. The molecule has 0 saturated carbocycles. The molecule has 2 rings (SSSR count). The zero-order valence-electron chi connectivity index (χ0n) is 14.4. The Labute approximate surface area is 153 Å². The van der Waals surface area contributed by atoms with Gasteiger partial charge in [-0.25, -0.2) is 0 Å². The average Bonchev–Trinajstić information content (AvgIpc) is 2.61. The van der Waals surface area contributed by atoms with E-state index < -0.39 is 0 Å². The molecule has 0 heterocycles. The Morgan fingerprint density at radius 3 is 2.71 bits per heavy atom. The van der Waals surface area contributed by atoms with Gasteiger partial charge in [0.05, 0.1) is 23.9 Å². The molecule has 0 amide bonds. The minimum absolute atomic E-state index is 0.0735. The van der Waals surface area contributed by atoms with Gasteiger partial charge in [0.1, 0.15) is 0 Å². The first-order valence-electron chi connectivity index (χ1n) is 7.80. The van der Waals surface area contributed by atoms with Gasteiger partial charge < -0.3 is 9.47 Å². The highest BCUT2D eigenvalue weighted by Crippen LogP contribution is 2.37. The van der Waals surface area contributed by atoms with Gasteiger partial charge in [0.15, 0.2) is 11.5 Å². The summed E-state index contributed by atoms with van der Waals surface area (Å²) in [6.07, 6.45) is 4.80. The lowest BCUT2D eigenvalue weighted by Crippen LogP contribution is -2.11. The molecule has 0 aliphatic heterocycles. The number of halogens is 1. The highest BCUT2D eigenvalue weighted by Gasteiger charge is 2.14. The molecule has 2 aromatic rings. The Morgan fingerprint density at radius 1 is 1.29 bits per heavy atom. The van der Waals surface area contributed by atoms with Crippen LogP contribution in [-0.2, 0) is 0 Å². The molecule has 24 heavy (non-hydrogen) atoms. The van der Waals surface area contributed by atoms with E-state index in [1.54, 1.807) is 25.1 Å². The third kappa shape index (κ3) is 4.68. The predicted molar refractivity (Wildman–Crippen MR) is 104 cm³/mol. The van der Waals surface area contributed by atoms with Gasteiger partial charge in [-0.1, -0.05) is 30.7 Å². The standard InChI is InChI=1S/C19H22ClNO2S/c1-5-13(2)23-19-15(20)10-14(11-17(19)22-3)12-21-16-8-6-7-9-18(16)24-4/h6-13H,5H2,1-4H3/t13-/m1/s1. The Balaban J connectivity index is 2.31. The number of hydrogen-bond acceptors (Lipinski definition) is 4. The summed E-state index contributed by atoms with van der Waals surface area (Å²) < 4.78 is 11.3. The molecule has 2 aromatic carbocycles. The molecule has 5 heteroatoms. The van der Waals surface area contributed by atoms with Crippen molar-refractivity contribution >= 4 is 35.3 Å². The van der Waals surface area contributed by atoms with Gasteiger partial charge >= 0.3 is 0 Å². The number of hydrogen-bond donors (Lipinski definition) is 0. The highest BCUT2D eigenvalue weighted by molar-refractivity contribution is 7.98. The van der Waals surface area contributed by atoms with E-state index in [-0.39, 0.29) is 6.10 Å². The molecule has 0 spiro atoms. The van der Waals surface area contributed by atoms with Crippen LogP contribution in [0.4, 0.5) is 5.69 Å². The maximum atomic E-state index is 6.38. The van der Waals surface area contributed by atoms with Gasteiger partial charge in [0.2, 0.25) is 0 Å². The third-order valence-electron chi connectivity index (χ3n) is 3.58. The van der Waals surface area contributed by atoms with Crippen LogP contribution >= 0.6 is 23.4 Å². The second kappa shape index (κ2) is 9.00. The molecule has 0 saturated heterocycles. The predicted octanol–water partition coefficient (Wildman–Crippen LogP) is 6.00. The number of para-hydroxylation sites is 1. The van der Waals surface area contributed by atoms with Crippen molar-refractivity contribution in [1.82, 2.24) is 0 Å². The van der Waals surface area contributed by atoms with Crippen LogP contribution in [0, 0.1) is 0 Å². The van der Waals surface area contributed by atoms with E-state index in [1.165, 1.54) is 0 Å². The molecule has 1 atom stereocenters. The average molecular weight is 364 g/mol. The molecule has 0 fully saturated rings. The summed E-state index contributed by atoms with van der Waals surface area (Å²) in [4.78, 5) is 5.70. The fourth-order valence-electron chi connectivity index (χ4n) is 2.09. The fraction of sp³-hybridized carbons (Fsp3) is 0.316. The van der Waals surface area contributed by atoms with E-state index in [0.29, 0.717) is 16.5 Å². The topological polar surface area (TPSA) is 30.8 Å². The summed E-state index contributed by atoms with van der Waals surface area (Å²) in [6, 6.07) is 11.7. The number of rotatable bonds is 7. The van der Waals surface area contributed by atoms with Crippen LogP contribution in [0.5, 0.6) is 11.5 Å². The van der Waals surface area contributed by atoms with Crippen molar-refractivity contribution in [3.63, 3.8) is 0 Å². The van der Waals surface area contributed by atoms with Gasteiger partial charge in [0.25, 0.3) is 0 Å². The van der Waals surface area contributed by atoms with E-state index in [1.807, 2.05) is 49.6 Å². The summed E-state index contributed by atoms with van der Waals surface area (Å²) in [6.45, 7) is 4.07. The van der Waals surface area contributed by atoms with Crippen LogP contribution in [0.15, 0.2) is 46.3 Å². The van der Waals surface area contributed by atoms with Crippen LogP contribution < -0.4 is 9.47 Å². The van der Waals surface area contributed by atoms with Crippen molar-refractivity contribution < 1.29 is 9.47 Å². The van der Waals surface area contributed by atoms with Crippen molar-refractivity contribution in [2.75, 3.05) is 13.4 Å². The number of methoxy groups -OCH3 is 1. The maximum absolute atomic E-state index is 6.38. The van der Waals surface area contributed by atoms with Gasteiger partial charge in [-0.3, -0.25) is 4.99 Å². The van der Waals surface area contributed by atoms with Crippen LogP contribution in [0.25, 0.3) is 0 Å². The maximum Gasteiger partial charge on any atom is 0.180 e. The number of ether oxygens (including phenoxy) is 2. The van der Waals surface area contributed by atoms with E-state index >= 15 is 0 Å². The molecule has 0 bridgehead atoms. The lowest BCUT2D eigenvalue weighted by molar-refractivity contribution is 0.208. The minimum atomic E-state index is 0.0735. The Hall–Kier alpha value is -1.65. The molecule has 0 N–H and O–H groups in total. The molecule has 0 aliphatic carbocycles. The summed E-state index contributed by atoms with van der Waals surface area (Å²) >= 11 is 8.05. The second-order valence-corrected chi connectivity index (χ2v) is 6.56. The van der Waals surface area contributed by atoms with Gasteiger partial charge in [0, 0.05) is 11.1 Å². The largest absolute Gasteiger partial charge is 0.493 e. The smallest absolute Gasteiger partial charge is 0.180 e. The van der Waals surface area contributed by atoms with Crippen LogP contribution in [-0.4, -0.2) is 25.7 Å². The van der Waals surface area contributed by atoms with Crippen molar-refractivity contribution in [2.45, 2.75) is 31.3 Å². The lowest BCUT2D eigenvalue weighted by atomic mass is 10.2. The molecule has 0 unspecified atom stereocenters. The van der Waals surface area contributed by atoms with Crippen molar-refractivity contribution in [3.05, 3.63) is 47.0 Å². The first-order valence-corrected chi connectivity index (χ1v) is 9.40. The summed E-state index contributed by atoms with van der Waals surface area (Å²) in [5.74, 6) is 1.19. The summed E-state index contributed by atoms with van der Waals surface area (Å²) in [7, 11) is 1.61. The normalized spacial score (nSPS) is 12.4.